The molecule has 0 aliphatic rings. The minimum atomic E-state index is -1.07. The van der Waals surface area contributed by atoms with Crippen LogP contribution in [0.3, 0.4) is 0 Å². The summed E-state index contributed by atoms with van der Waals surface area (Å²) >= 11 is 4.27. The van der Waals surface area contributed by atoms with Gasteiger partial charge in [-0.15, -0.1) is 0 Å². The first-order chi connectivity index (χ1) is 15.8. The van der Waals surface area contributed by atoms with E-state index in [4.69, 9.17) is 4.74 Å². The summed E-state index contributed by atoms with van der Waals surface area (Å²) in [5, 5.41) is 5.12. The van der Waals surface area contributed by atoms with E-state index in [1.165, 1.54) is 12.0 Å². The molecule has 10 heteroatoms. The van der Waals surface area contributed by atoms with Gasteiger partial charge in [-0.2, -0.15) is 12.6 Å². The summed E-state index contributed by atoms with van der Waals surface area (Å²) in [5.41, 5.74) is -0.997. The second-order valence-electron chi connectivity index (χ2n) is 9.36. The Labute approximate surface area is 207 Å². The third-order valence-electron chi connectivity index (χ3n) is 5.18. The molecule has 1 aromatic carbocycles. The van der Waals surface area contributed by atoms with Gasteiger partial charge in [-0.05, 0) is 46.6 Å². The highest BCUT2D eigenvalue weighted by Gasteiger charge is 2.42. The maximum Gasteiger partial charge on any atom is 0.408 e. The van der Waals surface area contributed by atoms with Crippen LogP contribution in [0.1, 0.15) is 59.6 Å². The zero-order chi connectivity index (χ0) is 26.1. The van der Waals surface area contributed by atoms with Gasteiger partial charge >= 0.3 is 12.1 Å². The maximum atomic E-state index is 13.8. The van der Waals surface area contributed by atoms with Gasteiger partial charge in [0, 0.05) is 11.3 Å². The van der Waals surface area contributed by atoms with Crippen LogP contribution in [0.15, 0.2) is 30.3 Å². The van der Waals surface area contributed by atoms with Crippen molar-refractivity contribution in [2.45, 2.75) is 71.2 Å². The van der Waals surface area contributed by atoms with Gasteiger partial charge in [0.15, 0.2) is 0 Å². The molecule has 2 N–H and O–H groups in total. The van der Waals surface area contributed by atoms with Gasteiger partial charge in [-0.3, -0.25) is 14.4 Å². The lowest BCUT2D eigenvalue weighted by molar-refractivity contribution is -0.149. The molecule has 3 amide bonds. The normalized spacial score (nSPS) is 13.3. The number of carbonyl (C=O) groups is 4. The number of esters is 1. The van der Waals surface area contributed by atoms with Crippen LogP contribution in [0.4, 0.5) is 4.79 Å². The number of benzene rings is 1. The largest absolute Gasteiger partial charge is 0.468 e. The van der Waals surface area contributed by atoms with Crippen molar-refractivity contribution in [2.24, 2.45) is 0 Å². The molecule has 0 aliphatic carbocycles. The van der Waals surface area contributed by atoms with Crippen molar-refractivity contribution in [3.63, 3.8) is 0 Å². The van der Waals surface area contributed by atoms with Gasteiger partial charge in [0.25, 0.3) is 0 Å². The molecule has 9 nitrogen and oxygen atoms in total. The first-order valence-corrected chi connectivity index (χ1v) is 11.7. The third-order valence-corrected chi connectivity index (χ3v) is 5.55. The van der Waals surface area contributed by atoms with Crippen LogP contribution in [0.5, 0.6) is 0 Å². The van der Waals surface area contributed by atoms with Crippen molar-refractivity contribution in [2.75, 3.05) is 19.4 Å². The number of nitrogens with zero attached hydrogens (tertiary/aromatic N) is 1. The number of hydrogen-bond donors (Lipinski definition) is 3. The minimum Gasteiger partial charge on any atom is -0.468 e. The molecule has 34 heavy (non-hydrogen) atoms. The zero-order valence-electron chi connectivity index (χ0n) is 21.0. The fourth-order valence-electron chi connectivity index (χ4n) is 3.13. The van der Waals surface area contributed by atoms with E-state index >= 15 is 0 Å². The molecule has 2 atom stereocenters. The monoisotopic (exact) mass is 495 g/mol. The smallest absolute Gasteiger partial charge is 0.408 e. The SMILES string of the molecule is CCC(C)(C)N(C(=O)C(CS)NC(=O)OC(C)(C)C)C(C(=O)NCC(=O)OC)c1ccccc1. The second kappa shape index (κ2) is 12.6. The Balaban J connectivity index is 3.45. The Morgan fingerprint density at radius 1 is 1.06 bits per heavy atom. The molecule has 0 spiro atoms. The predicted octanol–water partition coefficient (Wildman–Crippen LogP) is 2.86. The fraction of sp³-hybridized carbons (Fsp3) is 0.583. The summed E-state index contributed by atoms with van der Waals surface area (Å²) in [6.45, 7) is 10.4. The van der Waals surface area contributed by atoms with Crippen molar-refractivity contribution in [1.29, 1.82) is 0 Å². The Kier molecular flexibility index (Phi) is 10.9. The lowest BCUT2D eigenvalue weighted by Crippen LogP contribution is -2.60. The van der Waals surface area contributed by atoms with Crippen LogP contribution in [0.25, 0.3) is 0 Å². The number of thiol groups is 1. The highest BCUT2D eigenvalue weighted by atomic mass is 32.1. The standard InChI is InChI=1S/C24H37N3O6S/c1-8-24(5,6)27(21(30)17(15-34)26-22(31)33-23(2,3)4)19(16-12-10-9-11-13-16)20(29)25-14-18(28)32-7/h9-13,17,19,34H,8,14-15H2,1-7H3,(H,25,29)(H,26,31). The van der Waals surface area contributed by atoms with Gasteiger partial charge in [-0.25, -0.2) is 4.79 Å². The number of carbonyl (C=O) groups excluding carboxylic acids is 4. The Bertz CT molecular complexity index is 854. The molecule has 0 saturated carbocycles. The third kappa shape index (κ3) is 8.55. The number of amides is 3. The highest BCUT2D eigenvalue weighted by Crippen LogP contribution is 2.32. The molecular weight excluding hydrogens is 458 g/mol. The van der Waals surface area contributed by atoms with E-state index in [0.29, 0.717) is 12.0 Å². The van der Waals surface area contributed by atoms with E-state index in [2.05, 4.69) is 28.0 Å². The van der Waals surface area contributed by atoms with E-state index in [0.717, 1.165) is 0 Å². The van der Waals surface area contributed by atoms with Crippen molar-refractivity contribution in [1.82, 2.24) is 15.5 Å². The second-order valence-corrected chi connectivity index (χ2v) is 9.73. The summed E-state index contributed by atoms with van der Waals surface area (Å²) in [5.74, 6) is -1.69. The highest BCUT2D eigenvalue weighted by molar-refractivity contribution is 7.80. The lowest BCUT2D eigenvalue weighted by atomic mass is 9.92. The minimum absolute atomic E-state index is 0.0142. The van der Waals surface area contributed by atoms with E-state index in [1.807, 2.05) is 20.8 Å². The molecule has 0 aliphatic heterocycles. The lowest BCUT2D eigenvalue weighted by Gasteiger charge is -2.44. The molecule has 1 rings (SSSR count). The number of ether oxygens (including phenoxy) is 2. The number of rotatable bonds is 10. The van der Waals surface area contributed by atoms with Crippen molar-refractivity contribution >= 4 is 36.5 Å². The quantitative estimate of drug-likeness (QED) is 0.340. The molecule has 0 radical (unpaired) electrons. The molecular formula is C24H37N3O6S. The molecule has 0 fully saturated rings. The molecule has 2 unspecified atom stereocenters. The van der Waals surface area contributed by atoms with Crippen molar-refractivity contribution < 1.29 is 28.7 Å². The van der Waals surface area contributed by atoms with Gasteiger partial charge in [0.2, 0.25) is 11.8 Å². The first-order valence-electron chi connectivity index (χ1n) is 11.1. The number of hydrogen-bond acceptors (Lipinski definition) is 7. The number of alkyl carbamates (subject to hydrolysis) is 1. The summed E-state index contributed by atoms with van der Waals surface area (Å²) in [6.07, 6.45) is -0.251. The van der Waals surface area contributed by atoms with E-state index in [9.17, 15) is 19.2 Å². The topological polar surface area (TPSA) is 114 Å². The van der Waals surface area contributed by atoms with Gasteiger partial charge in [0.1, 0.15) is 24.2 Å². The van der Waals surface area contributed by atoms with Crippen molar-refractivity contribution in [3.05, 3.63) is 35.9 Å². The maximum absolute atomic E-state index is 13.8. The van der Waals surface area contributed by atoms with Crippen LogP contribution < -0.4 is 10.6 Å². The Morgan fingerprint density at radius 3 is 2.12 bits per heavy atom. The van der Waals surface area contributed by atoms with E-state index < -0.39 is 47.1 Å². The molecule has 0 bridgehead atoms. The molecule has 1 aromatic rings. The van der Waals surface area contributed by atoms with Crippen LogP contribution in [-0.4, -0.2) is 65.4 Å². The summed E-state index contributed by atoms with van der Waals surface area (Å²) in [7, 11) is 1.22. The summed E-state index contributed by atoms with van der Waals surface area (Å²) < 4.78 is 9.91. The Morgan fingerprint density at radius 2 is 1.65 bits per heavy atom. The van der Waals surface area contributed by atoms with Crippen LogP contribution in [0, 0.1) is 0 Å². The van der Waals surface area contributed by atoms with Gasteiger partial charge in [-0.1, -0.05) is 37.3 Å². The van der Waals surface area contributed by atoms with Crippen LogP contribution in [0.2, 0.25) is 0 Å². The predicted molar refractivity (Wildman–Crippen MR) is 132 cm³/mol. The zero-order valence-corrected chi connectivity index (χ0v) is 21.9. The number of methoxy groups -OCH3 is 1. The summed E-state index contributed by atoms with van der Waals surface area (Å²) in [4.78, 5) is 52.6. The van der Waals surface area contributed by atoms with Crippen LogP contribution >= 0.6 is 12.6 Å². The number of nitrogens with one attached hydrogen (secondary N) is 2. The average Bonchev–Trinajstić information content (AvgIpc) is 2.77. The van der Waals surface area contributed by atoms with E-state index in [-0.39, 0.29) is 12.3 Å². The average molecular weight is 496 g/mol. The van der Waals surface area contributed by atoms with Crippen LogP contribution in [-0.2, 0) is 23.9 Å². The molecule has 0 heterocycles. The van der Waals surface area contributed by atoms with E-state index in [1.54, 1.807) is 51.1 Å². The molecule has 190 valence electrons. The molecule has 0 aromatic heterocycles. The van der Waals surface area contributed by atoms with Crippen molar-refractivity contribution in [3.8, 4) is 0 Å². The molecule has 0 saturated heterocycles. The Hall–Kier alpha value is -2.75. The summed E-state index contributed by atoms with van der Waals surface area (Å²) in [6, 6.07) is 6.64. The van der Waals surface area contributed by atoms with Gasteiger partial charge in [0.05, 0.1) is 7.11 Å². The fourth-order valence-corrected chi connectivity index (χ4v) is 3.38. The van der Waals surface area contributed by atoms with Gasteiger partial charge < -0.3 is 25.0 Å². The first kappa shape index (κ1) is 29.3.